The van der Waals surface area contributed by atoms with Crippen LogP contribution in [0.2, 0.25) is 0 Å². The van der Waals surface area contributed by atoms with Gasteiger partial charge in [0.1, 0.15) is 0 Å². The molecule has 2 N–H and O–H groups in total. The van der Waals surface area contributed by atoms with Gasteiger partial charge < -0.3 is 10.6 Å². The summed E-state index contributed by atoms with van der Waals surface area (Å²) in [7, 11) is 4.07. The van der Waals surface area contributed by atoms with Crippen molar-refractivity contribution in [2.75, 3.05) is 25.5 Å². The van der Waals surface area contributed by atoms with Gasteiger partial charge in [0.05, 0.1) is 0 Å². The van der Waals surface area contributed by atoms with Crippen LogP contribution in [0.15, 0.2) is 24.3 Å². The Kier molecular flexibility index (Phi) is 5.45. The van der Waals surface area contributed by atoms with Crippen molar-refractivity contribution in [2.45, 2.75) is 19.3 Å². The van der Waals surface area contributed by atoms with Crippen LogP contribution in [0.5, 0.6) is 0 Å². The zero-order valence-corrected chi connectivity index (χ0v) is 10.2. The molecule has 0 saturated heterocycles. The molecule has 0 spiro atoms. The summed E-state index contributed by atoms with van der Waals surface area (Å²) in [5.41, 5.74) is 7.70. The number of nitrogens with two attached hydrogens (primary N) is 1. The molecule has 1 aromatic carbocycles. The lowest BCUT2D eigenvalue weighted by Gasteiger charge is -2.11. The van der Waals surface area contributed by atoms with Crippen LogP contribution in [-0.4, -0.2) is 20.6 Å². The molecule has 0 aliphatic heterocycles. The molecule has 0 radical (unpaired) electrons. The van der Waals surface area contributed by atoms with Crippen LogP contribution in [0.3, 0.4) is 0 Å². The minimum Gasteiger partial charge on any atom is -0.378 e. The Morgan fingerprint density at radius 1 is 1.12 bits per heavy atom. The molecule has 0 aliphatic carbocycles. The van der Waals surface area contributed by atoms with Crippen LogP contribution < -0.4 is 10.6 Å². The van der Waals surface area contributed by atoms with Crippen LogP contribution in [0, 0.1) is 11.8 Å². The molecular formula is C14H20N2. The third-order valence-corrected chi connectivity index (χ3v) is 2.37. The van der Waals surface area contributed by atoms with Crippen molar-refractivity contribution in [1.29, 1.82) is 0 Å². The van der Waals surface area contributed by atoms with Crippen LogP contribution in [0.1, 0.15) is 24.8 Å². The summed E-state index contributed by atoms with van der Waals surface area (Å²) >= 11 is 0. The first-order valence-electron chi connectivity index (χ1n) is 5.70. The lowest BCUT2D eigenvalue weighted by molar-refractivity contribution is 0.768. The second kappa shape index (κ2) is 6.92. The molecule has 0 unspecified atom stereocenters. The van der Waals surface area contributed by atoms with Gasteiger partial charge in [-0.05, 0) is 43.7 Å². The zero-order chi connectivity index (χ0) is 11.8. The molecule has 1 rings (SSSR count). The average Bonchev–Trinajstić information content (AvgIpc) is 2.29. The predicted octanol–water partition coefficient (Wildman–Crippen LogP) is 2.23. The third kappa shape index (κ3) is 4.37. The zero-order valence-electron chi connectivity index (χ0n) is 10.2. The van der Waals surface area contributed by atoms with Gasteiger partial charge >= 0.3 is 0 Å². The highest BCUT2D eigenvalue weighted by molar-refractivity contribution is 5.49. The molecule has 0 aromatic heterocycles. The quantitative estimate of drug-likeness (QED) is 0.618. The van der Waals surface area contributed by atoms with E-state index in [1.54, 1.807) is 0 Å². The normalized spacial score (nSPS) is 9.44. The summed E-state index contributed by atoms with van der Waals surface area (Å²) in [5.74, 6) is 6.33. The molecule has 2 nitrogen and oxygen atoms in total. The summed E-state index contributed by atoms with van der Waals surface area (Å²) < 4.78 is 0. The highest BCUT2D eigenvalue weighted by Crippen LogP contribution is 2.11. The lowest BCUT2D eigenvalue weighted by atomic mass is 10.2. The maximum Gasteiger partial charge on any atom is 0.0361 e. The molecule has 0 atom stereocenters. The smallest absolute Gasteiger partial charge is 0.0361 e. The highest BCUT2D eigenvalue weighted by Gasteiger charge is 1.93. The van der Waals surface area contributed by atoms with Crippen molar-refractivity contribution in [3.05, 3.63) is 29.8 Å². The highest BCUT2D eigenvalue weighted by atomic mass is 15.1. The fourth-order valence-electron chi connectivity index (χ4n) is 1.37. The van der Waals surface area contributed by atoms with Crippen molar-refractivity contribution in [2.24, 2.45) is 5.73 Å². The van der Waals surface area contributed by atoms with E-state index in [2.05, 4.69) is 41.0 Å². The van der Waals surface area contributed by atoms with Gasteiger partial charge in [0.2, 0.25) is 0 Å². The monoisotopic (exact) mass is 216 g/mol. The molecule has 1 aromatic rings. The standard InChI is InChI=1S/C14H20N2/c1-16(2)14-10-8-13(9-11-14)7-5-3-4-6-12-15/h8-11H,3-4,6,12,15H2,1-2H3. The van der Waals surface area contributed by atoms with Crippen LogP contribution in [0.4, 0.5) is 5.69 Å². The Labute approximate surface area is 98.4 Å². The molecule has 0 saturated carbocycles. The van der Waals surface area contributed by atoms with E-state index in [0.717, 1.165) is 31.4 Å². The van der Waals surface area contributed by atoms with E-state index in [-0.39, 0.29) is 0 Å². The van der Waals surface area contributed by atoms with Crippen molar-refractivity contribution in [3.8, 4) is 11.8 Å². The fourth-order valence-corrected chi connectivity index (χ4v) is 1.37. The van der Waals surface area contributed by atoms with Gasteiger partial charge in [-0.15, -0.1) is 0 Å². The topological polar surface area (TPSA) is 29.3 Å². The van der Waals surface area contributed by atoms with E-state index in [1.807, 2.05) is 14.1 Å². The van der Waals surface area contributed by atoms with Gasteiger partial charge in [0.25, 0.3) is 0 Å². The van der Waals surface area contributed by atoms with Crippen LogP contribution in [0.25, 0.3) is 0 Å². The number of hydrogen-bond acceptors (Lipinski definition) is 2. The largest absolute Gasteiger partial charge is 0.378 e. The Hall–Kier alpha value is -1.46. The first kappa shape index (κ1) is 12.6. The summed E-state index contributed by atoms with van der Waals surface area (Å²) in [6, 6.07) is 8.30. The van der Waals surface area contributed by atoms with Crippen molar-refractivity contribution < 1.29 is 0 Å². The second-order valence-corrected chi connectivity index (χ2v) is 3.99. The molecule has 0 aliphatic rings. The number of hydrogen-bond donors (Lipinski definition) is 1. The minimum absolute atomic E-state index is 0.763. The van der Waals surface area contributed by atoms with Crippen LogP contribution >= 0.6 is 0 Å². The lowest BCUT2D eigenvalue weighted by Crippen LogP contribution is -2.07. The Morgan fingerprint density at radius 3 is 2.38 bits per heavy atom. The van der Waals surface area contributed by atoms with Crippen molar-refractivity contribution >= 4 is 5.69 Å². The predicted molar refractivity (Wildman–Crippen MR) is 70.6 cm³/mol. The van der Waals surface area contributed by atoms with Crippen molar-refractivity contribution in [3.63, 3.8) is 0 Å². The number of nitrogens with zero attached hydrogens (tertiary/aromatic N) is 1. The van der Waals surface area contributed by atoms with Crippen LogP contribution in [-0.2, 0) is 0 Å². The molecule has 0 amide bonds. The molecule has 0 bridgehead atoms. The van der Waals surface area contributed by atoms with Gasteiger partial charge in [0, 0.05) is 31.8 Å². The van der Waals surface area contributed by atoms with E-state index in [4.69, 9.17) is 5.73 Å². The van der Waals surface area contributed by atoms with Gasteiger partial charge in [-0.25, -0.2) is 0 Å². The van der Waals surface area contributed by atoms with E-state index in [1.165, 1.54) is 5.69 Å². The van der Waals surface area contributed by atoms with Gasteiger partial charge in [-0.1, -0.05) is 11.8 Å². The number of benzene rings is 1. The molecule has 0 fully saturated rings. The van der Waals surface area contributed by atoms with E-state index in [9.17, 15) is 0 Å². The van der Waals surface area contributed by atoms with Gasteiger partial charge in [-0.3, -0.25) is 0 Å². The van der Waals surface area contributed by atoms with E-state index >= 15 is 0 Å². The fraction of sp³-hybridized carbons (Fsp3) is 0.429. The maximum absolute atomic E-state index is 5.41. The Balaban J connectivity index is 2.48. The van der Waals surface area contributed by atoms with Gasteiger partial charge in [0.15, 0.2) is 0 Å². The SMILES string of the molecule is CN(C)c1ccc(C#CCCCCN)cc1. The average molecular weight is 216 g/mol. The molecular weight excluding hydrogens is 196 g/mol. The third-order valence-electron chi connectivity index (χ3n) is 2.37. The summed E-state index contributed by atoms with van der Waals surface area (Å²) in [4.78, 5) is 2.08. The molecule has 0 heterocycles. The molecule has 2 heteroatoms. The summed E-state index contributed by atoms with van der Waals surface area (Å²) in [6.45, 7) is 0.763. The minimum atomic E-state index is 0.763. The van der Waals surface area contributed by atoms with E-state index < -0.39 is 0 Å². The Bertz CT molecular complexity index is 355. The van der Waals surface area contributed by atoms with Crippen molar-refractivity contribution in [1.82, 2.24) is 0 Å². The Morgan fingerprint density at radius 2 is 1.81 bits per heavy atom. The number of anilines is 1. The van der Waals surface area contributed by atoms with Gasteiger partial charge in [-0.2, -0.15) is 0 Å². The second-order valence-electron chi connectivity index (χ2n) is 3.99. The summed E-state index contributed by atoms with van der Waals surface area (Å²) in [6.07, 6.45) is 3.10. The first-order chi connectivity index (χ1) is 7.74. The number of unbranched alkanes of at least 4 members (excludes halogenated alkanes) is 2. The molecule has 16 heavy (non-hydrogen) atoms. The maximum atomic E-state index is 5.41. The van der Waals surface area contributed by atoms with E-state index in [0.29, 0.717) is 0 Å². The summed E-state index contributed by atoms with van der Waals surface area (Å²) in [5, 5.41) is 0. The molecule has 86 valence electrons. The number of rotatable bonds is 4. The first-order valence-corrected chi connectivity index (χ1v) is 5.70.